The smallest absolute Gasteiger partial charge is 0.191 e. The number of rotatable bonds is 8. The minimum Gasteiger partial charge on any atom is -0.489 e. The standard InChI is InChI=1S/C22H28N6O.HI/c1-4-24-22(26-13-18(3)29-20-7-5-6-17(2)12-20)27-15-19-8-9-21(25-14-19)28-11-10-23-16-28;/h5-12,14,16,18H,4,13,15H2,1-3H3,(H2,24,26,27);1H. The van der Waals surface area contributed by atoms with Crippen molar-refractivity contribution in [3.63, 3.8) is 0 Å². The highest BCUT2D eigenvalue weighted by molar-refractivity contribution is 14.0. The van der Waals surface area contributed by atoms with Gasteiger partial charge in [0, 0.05) is 25.1 Å². The third-order valence-electron chi connectivity index (χ3n) is 4.23. The van der Waals surface area contributed by atoms with E-state index in [1.807, 2.05) is 61.1 Å². The number of hydrogen-bond acceptors (Lipinski definition) is 4. The van der Waals surface area contributed by atoms with Crippen LogP contribution < -0.4 is 15.4 Å². The van der Waals surface area contributed by atoms with E-state index in [1.54, 1.807) is 12.5 Å². The van der Waals surface area contributed by atoms with E-state index in [-0.39, 0.29) is 30.1 Å². The summed E-state index contributed by atoms with van der Waals surface area (Å²) in [5.74, 6) is 2.47. The number of benzene rings is 1. The second-order valence-corrected chi connectivity index (χ2v) is 6.82. The van der Waals surface area contributed by atoms with Crippen molar-refractivity contribution in [2.45, 2.75) is 33.4 Å². The average Bonchev–Trinajstić information content (AvgIpc) is 3.25. The summed E-state index contributed by atoms with van der Waals surface area (Å²) >= 11 is 0. The minimum atomic E-state index is 0. The van der Waals surface area contributed by atoms with E-state index >= 15 is 0 Å². The molecule has 0 radical (unpaired) electrons. The van der Waals surface area contributed by atoms with Crippen LogP contribution in [-0.2, 0) is 6.54 Å². The molecule has 0 bridgehead atoms. The SMILES string of the molecule is CCNC(=NCc1ccc(-n2ccnc2)nc1)NCC(C)Oc1cccc(C)c1.I. The zero-order valence-corrected chi connectivity index (χ0v) is 19.9. The van der Waals surface area contributed by atoms with Crippen LogP contribution in [0.5, 0.6) is 5.75 Å². The number of pyridine rings is 1. The maximum Gasteiger partial charge on any atom is 0.191 e. The van der Waals surface area contributed by atoms with Gasteiger partial charge < -0.3 is 15.4 Å². The lowest BCUT2D eigenvalue weighted by Gasteiger charge is -2.18. The molecule has 8 heteroatoms. The summed E-state index contributed by atoms with van der Waals surface area (Å²) in [6.45, 7) is 8.12. The van der Waals surface area contributed by atoms with Gasteiger partial charge in [0.15, 0.2) is 5.96 Å². The first-order valence-electron chi connectivity index (χ1n) is 9.83. The molecule has 0 saturated heterocycles. The zero-order valence-electron chi connectivity index (χ0n) is 17.6. The molecule has 0 amide bonds. The number of nitrogens with one attached hydrogen (secondary N) is 2. The molecule has 2 heterocycles. The lowest BCUT2D eigenvalue weighted by Crippen LogP contribution is -2.41. The molecule has 0 aliphatic carbocycles. The average molecular weight is 520 g/mol. The molecule has 7 nitrogen and oxygen atoms in total. The predicted octanol–water partition coefficient (Wildman–Crippen LogP) is 3.72. The molecule has 0 spiro atoms. The maximum atomic E-state index is 5.97. The molecule has 0 saturated carbocycles. The summed E-state index contributed by atoms with van der Waals surface area (Å²) in [7, 11) is 0. The summed E-state index contributed by atoms with van der Waals surface area (Å²) in [6, 6.07) is 12.1. The first-order chi connectivity index (χ1) is 14.1. The Morgan fingerprint density at radius 2 is 2.10 bits per heavy atom. The molecule has 1 aromatic carbocycles. The highest BCUT2D eigenvalue weighted by atomic mass is 127. The van der Waals surface area contributed by atoms with Crippen LogP contribution in [0.25, 0.3) is 5.82 Å². The van der Waals surface area contributed by atoms with Gasteiger partial charge in [-0.2, -0.15) is 0 Å². The number of ether oxygens (including phenoxy) is 1. The van der Waals surface area contributed by atoms with Gasteiger partial charge >= 0.3 is 0 Å². The van der Waals surface area contributed by atoms with Gasteiger partial charge in [-0.3, -0.25) is 4.57 Å². The normalized spacial score (nSPS) is 12.0. The van der Waals surface area contributed by atoms with Crippen LogP contribution in [0, 0.1) is 6.92 Å². The van der Waals surface area contributed by atoms with Crippen LogP contribution in [0.3, 0.4) is 0 Å². The fourth-order valence-corrected chi connectivity index (χ4v) is 2.77. The fraction of sp³-hybridized carbons (Fsp3) is 0.318. The maximum absolute atomic E-state index is 5.97. The zero-order chi connectivity index (χ0) is 20.5. The molecular weight excluding hydrogens is 491 g/mol. The van der Waals surface area contributed by atoms with Gasteiger partial charge in [0.1, 0.15) is 24.0 Å². The van der Waals surface area contributed by atoms with E-state index in [1.165, 1.54) is 5.56 Å². The summed E-state index contributed by atoms with van der Waals surface area (Å²) in [6.07, 6.45) is 7.18. The van der Waals surface area contributed by atoms with Crippen LogP contribution in [0.2, 0.25) is 0 Å². The highest BCUT2D eigenvalue weighted by Gasteiger charge is 2.06. The monoisotopic (exact) mass is 520 g/mol. The lowest BCUT2D eigenvalue weighted by molar-refractivity contribution is 0.223. The number of aromatic nitrogens is 3. The molecule has 1 atom stereocenters. The first-order valence-corrected chi connectivity index (χ1v) is 9.83. The van der Waals surface area contributed by atoms with Gasteiger partial charge in [0.05, 0.1) is 13.1 Å². The van der Waals surface area contributed by atoms with Gasteiger partial charge in [-0.1, -0.05) is 18.2 Å². The summed E-state index contributed by atoms with van der Waals surface area (Å²) < 4.78 is 7.84. The number of aliphatic imine (C=N–C) groups is 1. The predicted molar refractivity (Wildman–Crippen MR) is 131 cm³/mol. The fourth-order valence-electron chi connectivity index (χ4n) is 2.77. The molecule has 160 valence electrons. The summed E-state index contributed by atoms with van der Waals surface area (Å²) in [5, 5.41) is 6.61. The number of imidazole rings is 1. The molecule has 3 rings (SSSR count). The van der Waals surface area contributed by atoms with Crippen molar-refractivity contribution in [1.29, 1.82) is 0 Å². The third-order valence-corrected chi connectivity index (χ3v) is 4.23. The van der Waals surface area contributed by atoms with Gasteiger partial charge in [-0.05, 0) is 50.1 Å². The van der Waals surface area contributed by atoms with E-state index < -0.39 is 0 Å². The van der Waals surface area contributed by atoms with Gasteiger partial charge in [0.25, 0.3) is 0 Å². The number of hydrogen-bond donors (Lipinski definition) is 2. The van der Waals surface area contributed by atoms with Crippen molar-refractivity contribution < 1.29 is 4.74 Å². The number of nitrogens with zero attached hydrogens (tertiary/aromatic N) is 4. The Labute approximate surface area is 195 Å². The van der Waals surface area contributed by atoms with Crippen molar-refractivity contribution in [1.82, 2.24) is 25.2 Å². The number of guanidine groups is 1. The topological polar surface area (TPSA) is 76.4 Å². The Morgan fingerprint density at radius 3 is 2.77 bits per heavy atom. The Kier molecular flexibility index (Phi) is 9.59. The van der Waals surface area contributed by atoms with Crippen molar-refractivity contribution in [2.75, 3.05) is 13.1 Å². The molecular formula is C22H29IN6O. The molecule has 0 fully saturated rings. The Bertz CT molecular complexity index is 912. The van der Waals surface area contributed by atoms with Crippen molar-refractivity contribution >= 4 is 29.9 Å². The Hall–Kier alpha value is -2.62. The van der Waals surface area contributed by atoms with Crippen LogP contribution in [0.4, 0.5) is 0 Å². The lowest BCUT2D eigenvalue weighted by atomic mass is 10.2. The van der Waals surface area contributed by atoms with Crippen molar-refractivity contribution in [3.05, 3.63) is 72.4 Å². The summed E-state index contributed by atoms with van der Waals surface area (Å²) in [5.41, 5.74) is 2.22. The Morgan fingerprint density at radius 1 is 1.23 bits per heavy atom. The van der Waals surface area contributed by atoms with E-state index in [2.05, 4.69) is 38.6 Å². The molecule has 30 heavy (non-hydrogen) atoms. The second-order valence-electron chi connectivity index (χ2n) is 6.82. The molecule has 2 aromatic heterocycles. The molecule has 3 aromatic rings. The van der Waals surface area contributed by atoms with Crippen LogP contribution in [0.15, 0.2) is 66.3 Å². The molecule has 1 unspecified atom stereocenters. The van der Waals surface area contributed by atoms with Crippen LogP contribution >= 0.6 is 24.0 Å². The van der Waals surface area contributed by atoms with Gasteiger partial charge in [-0.15, -0.1) is 24.0 Å². The van der Waals surface area contributed by atoms with Crippen LogP contribution in [0.1, 0.15) is 25.0 Å². The number of halogens is 1. The third kappa shape index (κ3) is 7.33. The van der Waals surface area contributed by atoms with E-state index in [0.717, 1.165) is 29.6 Å². The van der Waals surface area contributed by atoms with Gasteiger partial charge in [-0.25, -0.2) is 15.0 Å². The van der Waals surface area contributed by atoms with E-state index in [0.29, 0.717) is 13.1 Å². The van der Waals surface area contributed by atoms with Crippen LogP contribution in [-0.4, -0.2) is 39.7 Å². The Balaban J connectivity index is 0.00000320. The highest BCUT2D eigenvalue weighted by Crippen LogP contribution is 2.13. The van der Waals surface area contributed by atoms with Gasteiger partial charge in [0.2, 0.25) is 0 Å². The summed E-state index contributed by atoms with van der Waals surface area (Å²) in [4.78, 5) is 13.2. The number of aryl methyl sites for hydroxylation is 1. The first kappa shape index (κ1) is 23.7. The van der Waals surface area contributed by atoms with Crippen molar-refractivity contribution in [2.24, 2.45) is 4.99 Å². The molecule has 0 aliphatic rings. The quantitative estimate of drug-likeness (QED) is 0.269. The molecule has 2 N–H and O–H groups in total. The van der Waals surface area contributed by atoms with E-state index in [4.69, 9.17) is 4.74 Å². The minimum absolute atomic E-state index is 0. The van der Waals surface area contributed by atoms with E-state index in [9.17, 15) is 0 Å². The second kappa shape index (κ2) is 12.2. The molecule has 0 aliphatic heterocycles. The largest absolute Gasteiger partial charge is 0.489 e. The van der Waals surface area contributed by atoms with Crippen molar-refractivity contribution in [3.8, 4) is 11.6 Å².